The first-order chi connectivity index (χ1) is 8.29. The Morgan fingerprint density at radius 3 is 2.65 bits per heavy atom. The van der Waals surface area contributed by atoms with E-state index in [1.165, 1.54) is 38.5 Å². The van der Waals surface area contributed by atoms with Crippen LogP contribution in [0.4, 0.5) is 0 Å². The summed E-state index contributed by atoms with van der Waals surface area (Å²) in [6, 6.07) is 0.422. The molecular formula is C12H20N4S. The van der Waals surface area contributed by atoms with Crippen molar-refractivity contribution in [3.8, 4) is 0 Å². The Bertz CT molecular complexity index is 378. The van der Waals surface area contributed by atoms with Gasteiger partial charge in [-0.3, -0.25) is 4.99 Å². The summed E-state index contributed by atoms with van der Waals surface area (Å²) < 4.78 is 0. The summed E-state index contributed by atoms with van der Waals surface area (Å²) in [5.74, 6) is 6.36. The molecule has 1 fully saturated rings. The summed E-state index contributed by atoms with van der Waals surface area (Å²) in [6.07, 6.45) is 9.47. The van der Waals surface area contributed by atoms with Gasteiger partial charge in [0, 0.05) is 6.20 Å². The van der Waals surface area contributed by atoms with Crippen LogP contribution >= 0.6 is 11.3 Å². The van der Waals surface area contributed by atoms with Crippen LogP contribution in [0.2, 0.25) is 0 Å². The Morgan fingerprint density at radius 2 is 2.12 bits per heavy atom. The summed E-state index contributed by atoms with van der Waals surface area (Å²) in [6.45, 7) is 1.99. The quantitative estimate of drug-likeness (QED) is 0.279. The maximum Gasteiger partial charge on any atom is 0.154 e. The minimum absolute atomic E-state index is 0.422. The van der Waals surface area contributed by atoms with Crippen molar-refractivity contribution in [2.75, 3.05) is 0 Å². The Labute approximate surface area is 106 Å². The third-order valence-corrected chi connectivity index (χ3v) is 4.05. The van der Waals surface area contributed by atoms with E-state index in [0.29, 0.717) is 6.04 Å². The molecule has 1 saturated carbocycles. The molecular weight excluding hydrogens is 232 g/mol. The standard InChI is InChI=1S/C12H20N4S/c1-9-14-8-11(17-9)12(16-13)15-10-6-4-2-3-5-7-10/h8,10H,2-7,13H2,1H3,(H,15,16). The Balaban J connectivity index is 2.10. The van der Waals surface area contributed by atoms with E-state index in [-0.39, 0.29) is 0 Å². The van der Waals surface area contributed by atoms with Crippen molar-refractivity contribution < 1.29 is 0 Å². The third-order valence-electron chi connectivity index (χ3n) is 3.13. The number of rotatable bonds is 2. The minimum atomic E-state index is 0.422. The number of aromatic nitrogens is 1. The first-order valence-corrected chi connectivity index (χ1v) is 7.08. The van der Waals surface area contributed by atoms with Crippen LogP contribution in [0.25, 0.3) is 0 Å². The minimum Gasteiger partial charge on any atom is -0.308 e. The number of hydrogen-bond donors (Lipinski definition) is 2. The van der Waals surface area contributed by atoms with Crippen LogP contribution < -0.4 is 11.3 Å². The molecule has 0 aliphatic heterocycles. The lowest BCUT2D eigenvalue weighted by molar-refractivity contribution is 0.583. The molecule has 2 rings (SSSR count). The maximum atomic E-state index is 5.57. The SMILES string of the molecule is Cc1ncc(C(=NC2CCCCCC2)NN)s1. The van der Waals surface area contributed by atoms with Gasteiger partial charge >= 0.3 is 0 Å². The zero-order valence-corrected chi connectivity index (χ0v) is 11.1. The van der Waals surface area contributed by atoms with Crippen molar-refractivity contribution >= 4 is 17.2 Å². The molecule has 0 aromatic carbocycles. The van der Waals surface area contributed by atoms with Gasteiger partial charge in [0.2, 0.25) is 0 Å². The lowest BCUT2D eigenvalue weighted by Crippen LogP contribution is -2.31. The molecule has 1 aromatic heterocycles. The molecule has 0 atom stereocenters. The second-order valence-corrected chi connectivity index (χ2v) is 5.75. The average molecular weight is 252 g/mol. The molecule has 0 unspecified atom stereocenters. The highest BCUT2D eigenvalue weighted by Crippen LogP contribution is 2.21. The number of aryl methyl sites for hydroxylation is 1. The molecule has 17 heavy (non-hydrogen) atoms. The third kappa shape index (κ3) is 3.51. The van der Waals surface area contributed by atoms with E-state index in [2.05, 4.69) is 10.4 Å². The Hall–Kier alpha value is -0.940. The lowest BCUT2D eigenvalue weighted by Gasteiger charge is -2.11. The van der Waals surface area contributed by atoms with Gasteiger partial charge in [-0.1, -0.05) is 25.7 Å². The van der Waals surface area contributed by atoms with E-state index < -0.39 is 0 Å². The van der Waals surface area contributed by atoms with Gasteiger partial charge in [0.05, 0.1) is 15.9 Å². The predicted molar refractivity (Wildman–Crippen MR) is 72.2 cm³/mol. The highest BCUT2D eigenvalue weighted by atomic mass is 32.1. The van der Waals surface area contributed by atoms with E-state index >= 15 is 0 Å². The number of hydrazine groups is 1. The second kappa shape index (κ2) is 6.12. The number of hydrogen-bond acceptors (Lipinski definition) is 4. The van der Waals surface area contributed by atoms with E-state index in [9.17, 15) is 0 Å². The van der Waals surface area contributed by atoms with Crippen LogP contribution in [0.1, 0.15) is 48.4 Å². The van der Waals surface area contributed by atoms with Gasteiger partial charge in [-0.2, -0.15) is 0 Å². The van der Waals surface area contributed by atoms with Crippen molar-refractivity contribution in [1.82, 2.24) is 10.4 Å². The van der Waals surface area contributed by atoms with Crippen LogP contribution in [-0.4, -0.2) is 16.9 Å². The van der Waals surface area contributed by atoms with Crippen molar-refractivity contribution in [2.45, 2.75) is 51.5 Å². The van der Waals surface area contributed by atoms with Crippen LogP contribution in [-0.2, 0) is 0 Å². The zero-order chi connectivity index (χ0) is 12.1. The number of nitrogens with zero attached hydrogens (tertiary/aromatic N) is 2. The van der Waals surface area contributed by atoms with Gasteiger partial charge in [0.25, 0.3) is 0 Å². The number of thiazole rings is 1. The van der Waals surface area contributed by atoms with E-state index in [1.54, 1.807) is 11.3 Å². The fraction of sp³-hybridized carbons (Fsp3) is 0.667. The maximum absolute atomic E-state index is 5.57. The molecule has 0 saturated heterocycles. The molecule has 4 nitrogen and oxygen atoms in total. The van der Waals surface area contributed by atoms with Crippen molar-refractivity contribution in [3.05, 3.63) is 16.1 Å². The number of nitrogens with one attached hydrogen (secondary N) is 1. The molecule has 3 N–H and O–H groups in total. The molecule has 1 aliphatic carbocycles. The molecule has 94 valence electrons. The van der Waals surface area contributed by atoms with E-state index in [1.807, 2.05) is 13.1 Å². The Morgan fingerprint density at radius 1 is 1.41 bits per heavy atom. The first kappa shape index (κ1) is 12.5. The highest BCUT2D eigenvalue weighted by molar-refractivity contribution is 7.13. The van der Waals surface area contributed by atoms with Crippen molar-refractivity contribution in [2.24, 2.45) is 10.8 Å². The van der Waals surface area contributed by atoms with Gasteiger partial charge in [-0.25, -0.2) is 10.8 Å². The number of amidine groups is 1. The smallest absolute Gasteiger partial charge is 0.154 e. The summed E-state index contributed by atoms with van der Waals surface area (Å²) in [7, 11) is 0. The predicted octanol–water partition coefficient (Wildman–Crippen LogP) is 2.38. The second-order valence-electron chi connectivity index (χ2n) is 4.51. The Kier molecular flexibility index (Phi) is 4.50. The first-order valence-electron chi connectivity index (χ1n) is 6.27. The summed E-state index contributed by atoms with van der Waals surface area (Å²) in [5, 5.41) is 1.05. The molecule has 1 aliphatic rings. The van der Waals surface area contributed by atoms with Gasteiger partial charge in [0.1, 0.15) is 0 Å². The van der Waals surface area contributed by atoms with Crippen LogP contribution in [0.15, 0.2) is 11.2 Å². The summed E-state index contributed by atoms with van der Waals surface area (Å²) in [5.41, 5.74) is 2.72. The van der Waals surface area contributed by atoms with Gasteiger partial charge < -0.3 is 5.43 Å². The average Bonchev–Trinajstić information content (AvgIpc) is 2.62. The lowest BCUT2D eigenvalue weighted by atomic mass is 10.1. The van der Waals surface area contributed by atoms with Crippen LogP contribution in [0.5, 0.6) is 0 Å². The van der Waals surface area contributed by atoms with Crippen molar-refractivity contribution in [1.29, 1.82) is 0 Å². The normalized spacial score (nSPS) is 19.1. The molecule has 1 heterocycles. The van der Waals surface area contributed by atoms with Crippen molar-refractivity contribution in [3.63, 3.8) is 0 Å². The molecule has 1 aromatic rings. The molecule has 0 radical (unpaired) electrons. The number of aliphatic imine (C=N–C) groups is 1. The molecule has 5 heteroatoms. The van der Waals surface area contributed by atoms with Gasteiger partial charge in [-0.05, 0) is 19.8 Å². The van der Waals surface area contributed by atoms with E-state index in [0.717, 1.165) is 15.7 Å². The summed E-state index contributed by atoms with van der Waals surface area (Å²) >= 11 is 1.63. The van der Waals surface area contributed by atoms with Gasteiger partial charge in [0.15, 0.2) is 5.84 Å². The zero-order valence-electron chi connectivity index (χ0n) is 10.3. The molecule has 0 amide bonds. The monoisotopic (exact) mass is 252 g/mol. The molecule has 0 bridgehead atoms. The molecule has 0 spiro atoms. The summed E-state index contributed by atoms with van der Waals surface area (Å²) in [4.78, 5) is 10.0. The van der Waals surface area contributed by atoms with Crippen LogP contribution in [0, 0.1) is 6.92 Å². The number of nitrogens with two attached hydrogens (primary N) is 1. The highest BCUT2D eigenvalue weighted by Gasteiger charge is 2.13. The van der Waals surface area contributed by atoms with E-state index in [4.69, 9.17) is 10.8 Å². The van der Waals surface area contributed by atoms with Gasteiger partial charge in [-0.15, -0.1) is 11.3 Å². The fourth-order valence-corrected chi connectivity index (χ4v) is 2.95. The fourth-order valence-electron chi connectivity index (χ4n) is 2.21. The van der Waals surface area contributed by atoms with Crippen LogP contribution in [0.3, 0.4) is 0 Å². The topological polar surface area (TPSA) is 63.3 Å². The largest absolute Gasteiger partial charge is 0.308 e.